The molecule has 1 saturated heterocycles. The monoisotopic (exact) mass is 567 g/mol. The number of carbonyl (C=O) groups is 4. The molecule has 0 bridgehead atoms. The Labute approximate surface area is 209 Å². The summed E-state index contributed by atoms with van der Waals surface area (Å²) < 4.78 is 19.0. The van der Waals surface area contributed by atoms with Gasteiger partial charge in [-0.3, -0.25) is 23.7 Å². The summed E-state index contributed by atoms with van der Waals surface area (Å²) in [6.07, 6.45) is -8.34. The molecule has 0 aromatic carbocycles. The Hall–Kier alpha value is -1.90. The normalized spacial score (nSPS) is 25.5. The molecule has 1 aliphatic heterocycles. The fourth-order valence-electron chi connectivity index (χ4n) is 2.40. The Kier molecular flexibility index (Phi) is 15.2. The first-order chi connectivity index (χ1) is 16.5. The van der Waals surface area contributed by atoms with Gasteiger partial charge in [-0.25, -0.2) is 4.57 Å². The van der Waals surface area contributed by atoms with Crippen LogP contribution in [0.3, 0.4) is 0 Å². The molecule has 1 aliphatic rings. The van der Waals surface area contributed by atoms with Gasteiger partial charge >= 0.3 is 19.8 Å². The standard InChI is InChI=1S/C10H17N3O6S.C6H13O9P/c11-5(10(18)19)1-2-7(14)13-6(4-20)9(17)12-3-8(15)16;7-3-2(1-14-16(11,12)13)15-6(10)5(9)4(3)8/h5-6,20H,1-4,11H2,(H,12,17)(H,13,14)(H,15,16)(H,18,19);2-10H,1H2,(H2,11,12,13)/t5?,6-;2-,3-,4+,5-,6?/m01/s1. The SMILES string of the molecule is NC(CCC(=O)N[C@@H](CS)C(=O)NCC(=O)O)C(=O)O.O=P(O)(O)OC[C@H]1OC(O)[C@H](O)[C@@H](O)[C@@H]1O. The van der Waals surface area contributed by atoms with Gasteiger partial charge in [0.25, 0.3) is 0 Å². The second-order valence-corrected chi connectivity index (χ2v) is 8.83. The van der Waals surface area contributed by atoms with E-state index in [2.05, 4.69) is 32.5 Å². The Morgan fingerprint density at radius 1 is 1.06 bits per heavy atom. The van der Waals surface area contributed by atoms with E-state index in [1.165, 1.54) is 0 Å². The Morgan fingerprint density at radius 3 is 2.11 bits per heavy atom. The zero-order valence-electron chi connectivity index (χ0n) is 18.5. The van der Waals surface area contributed by atoms with E-state index in [9.17, 15) is 34.0 Å². The van der Waals surface area contributed by atoms with Crippen molar-refractivity contribution in [3.8, 4) is 0 Å². The van der Waals surface area contributed by atoms with E-state index in [-0.39, 0.29) is 18.6 Å². The van der Waals surface area contributed by atoms with Gasteiger partial charge in [0.15, 0.2) is 6.29 Å². The predicted octanol–water partition coefficient (Wildman–Crippen LogP) is -5.31. The molecule has 0 aromatic heterocycles. The number of carbonyl (C=O) groups excluding carboxylic acids is 2. The molecule has 0 spiro atoms. The molecule has 0 aliphatic carbocycles. The number of nitrogens with two attached hydrogens (primary N) is 1. The highest BCUT2D eigenvalue weighted by atomic mass is 32.1. The fraction of sp³-hybridized carbons (Fsp3) is 0.750. The van der Waals surface area contributed by atoms with Gasteiger partial charge in [-0.05, 0) is 6.42 Å². The molecule has 1 fully saturated rings. The molecule has 210 valence electrons. The molecule has 12 N–H and O–H groups in total. The lowest BCUT2D eigenvalue weighted by Crippen LogP contribution is -2.58. The van der Waals surface area contributed by atoms with Crippen LogP contribution in [0.5, 0.6) is 0 Å². The minimum atomic E-state index is -4.73. The summed E-state index contributed by atoms with van der Waals surface area (Å²) in [5, 5.41) is 58.1. The maximum Gasteiger partial charge on any atom is 0.469 e. The van der Waals surface area contributed by atoms with Crippen LogP contribution in [0.2, 0.25) is 0 Å². The van der Waals surface area contributed by atoms with Gasteiger partial charge in [0, 0.05) is 12.2 Å². The van der Waals surface area contributed by atoms with Crippen molar-refractivity contribution in [1.82, 2.24) is 10.6 Å². The molecule has 18 nitrogen and oxygen atoms in total. The van der Waals surface area contributed by atoms with Crippen LogP contribution in [0.15, 0.2) is 0 Å². The van der Waals surface area contributed by atoms with Crippen molar-refractivity contribution >= 4 is 44.2 Å². The highest BCUT2D eigenvalue weighted by Gasteiger charge is 2.43. The molecule has 2 amide bonds. The fourth-order valence-corrected chi connectivity index (χ4v) is 2.99. The number of hydrogen-bond donors (Lipinski definition) is 12. The number of aliphatic hydroxyl groups excluding tert-OH is 4. The average molecular weight is 567 g/mol. The van der Waals surface area contributed by atoms with E-state index in [1.54, 1.807) is 0 Å². The van der Waals surface area contributed by atoms with E-state index >= 15 is 0 Å². The Balaban J connectivity index is 0.000000696. The number of aliphatic carboxylic acids is 2. The summed E-state index contributed by atoms with van der Waals surface area (Å²) in [7, 11) is -4.73. The van der Waals surface area contributed by atoms with Crippen molar-refractivity contribution < 1.29 is 73.4 Å². The molecule has 7 atom stereocenters. The van der Waals surface area contributed by atoms with Crippen LogP contribution in [0.25, 0.3) is 0 Å². The molecule has 0 saturated carbocycles. The summed E-state index contributed by atoms with van der Waals surface area (Å²) in [6, 6.07) is -2.15. The molecule has 1 rings (SSSR count). The van der Waals surface area contributed by atoms with Crippen LogP contribution in [-0.4, -0.2) is 126 Å². The number of rotatable bonds is 12. The minimum absolute atomic E-state index is 0.0256. The van der Waals surface area contributed by atoms with Crippen molar-refractivity contribution in [3.05, 3.63) is 0 Å². The van der Waals surface area contributed by atoms with Gasteiger partial charge in [-0.2, -0.15) is 12.6 Å². The first-order valence-corrected chi connectivity index (χ1v) is 12.1. The number of ether oxygens (including phenoxy) is 1. The smallest absolute Gasteiger partial charge is 0.469 e. The number of aliphatic hydroxyl groups is 4. The zero-order chi connectivity index (χ0) is 28.2. The van der Waals surface area contributed by atoms with Crippen molar-refractivity contribution in [1.29, 1.82) is 0 Å². The Bertz CT molecular complexity index is 799. The number of thiol groups is 1. The number of phosphoric ester groups is 1. The van der Waals surface area contributed by atoms with Crippen LogP contribution in [0, 0.1) is 0 Å². The van der Waals surface area contributed by atoms with E-state index in [0.717, 1.165) is 0 Å². The first kappa shape index (κ1) is 34.1. The Morgan fingerprint density at radius 2 is 1.64 bits per heavy atom. The van der Waals surface area contributed by atoms with Crippen molar-refractivity contribution in [2.24, 2.45) is 5.73 Å². The summed E-state index contributed by atoms with van der Waals surface area (Å²) >= 11 is 3.87. The molecule has 2 unspecified atom stereocenters. The maximum atomic E-state index is 11.5. The third-order valence-electron chi connectivity index (χ3n) is 4.34. The van der Waals surface area contributed by atoms with Gasteiger partial charge in [0.1, 0.15) is 43.0 Å². The second kappa shape index (κ2) is 16.0. The highest BCUT2D eigenvalue weighted by molar-refractivity contribution is 7.80. The molecular weight excluding hydrogens is 537 g/mol. The lowest BCUT2D eigenvalue weighted by molar-refractivity contribution is -0.285. The number of carboxylic acids is 2. The number of hydrogen-bond acceptors (Lipinski definition) is 13. The third-order valence-corrected chi connectivity index (χ3v) is 5.19. The van der Waals surface area contributed by atoms with E-state index in [4.69, 9.17) is 35.9 Å². The van der Waals surface area contributed by atoms with Crippen LogP contribution < -0.4 is 16.4 Å². The van der Waals surface area contributed by atoms with Gasteiger partial charge in [-0.1, -0.05) is 0 Å². The van der Waals surface area contributed by atoms with Gasteiger partial charge in [0.2, 0.25) is 11.8 Å². The largest absolute Gasteiger partial charge is 0.480 e. The zero-order valence-corrected chi connectivity index (χ0v) is 20.3. The van der Waals surface area contributed by atoms with Crippen molar-refractivity contribution in [2.75, 3.05) is 18.9 Å². The third kappa shape index (κ3) is 13.4. The van der Waals surface area contributed by atoms with E-state index in [0.29, 0.717) is 0 Å². The molecule has 36 heavy (non-hydrogen) atoms. The minimum Gasteiger partial charge on any atom is -0.480 e. The molecule has 0 aromatic rings. The number of carboxylic acid groups (broad SMARTS) is 2. The summed E-state index contributed by atoms with van der Waals surface area (Å²) in [4.78, 5) is 60.5. The molecular formula is C16H30N3O15PS. The molecule has 20 heteroatoms. The van der Waals surface area contributed by atoms with Gasteiger partial charge in [-0.15, -0.1) is 0 Å². The van der Waals surface area contributed by atoms with E-state index in [1.807, 2.05) is 0 Å². The number of nitrogens with one attached hydrogen (secondary N) is 2. The lowest BCUT2D eigenvalue weighted by Gasteiger charge is -2.38. The first-order valence-electron chi connectivity index (χ1n) is 9.96. The van der Waals surface area contributed by atoms with Crippen LogP contribution in [0.4, 0.5) is 0 Å². The topological polar surface area (TPSA) is 316 Å². The van der Waals surface area contributed by atoms with E-state index < -0.39 is 87.5 Å². The predicted molar refractivity (Wildman–Crippen MR) is 118 cm³/mol. The van der Waals surface area contributed by atoms with Crippen molar-refractivity contribution in [3.63, 3.8) is 0 Å². The summed E-state index contributed by atoms with van der Waals surface area (Å²) in [5.74, 6) is -3.70. The average Bonchev–Trinajstić information content (AvgIpc) is 2.79. The quantitative estimate of drug-likeness (QED) is 0.0773. The van der Waals surface area contributed by atoms with Crippen molar-refractivity contribution in [2.45, 2.75) is 55.6 Å². The van der Waals surface area contributed by atoms with Crippen LogP contribution in [-0.2, 0) is 33.0 Å². The molecule has 1 heterocycles. The lowest BCUT2D eigenvalue weighted by atomic mass is 10.00. The second-order valence-electron chi connectivity index (χ2n) is 7.22. The maximum absolute atomic E-state index is 11.5. The van der Waals surface area contributed by atoms with Crippen LogP contribution in [0.1, 0.15) is 12.8 Å². The van der Waals surface area contributed by atoms with Crippen LogP contribution >= 0.6 is 20.5 Å². The summed E-state index contributed by atoms with van der Waals surface area (Å²) in [6.45, 7) is -1.30. The molecule has 0 radical (unpaired) electrons. The summed E-state index contributed by atoms with van der Waals surface area (Å²) in [5.41, 5.74) is 5.23. The van der Waals surface area contributed by atoms with Gasteiger partial charge in [0.05, 0.1) is 6.61 Å². The highest BCUT2D eigenvalue weighted by Crippen LogP contribution is 2.36. The number of amides is 2. The van der Waals surface area contributed by atoms with Gasteiger partial charge < -0.3 is 61.5 Å². The number of phosphoric acid groups is 1.